The molecule has 0 unspecified atom stereocenters. The molecule has 1 aliphatic rings. The zero-order valence-corrected chi connectivity index (χ0v) is 8.15. The van der Waals surface area contributed by atoms with Gasteiger partial charge in [-0.3, -0.25) is 0 Å². The van der Waals surface area contributed by atoms with Gasteiger partial charge < -0.3 is 0 Å². The van der Waals surface area contributed by atoms with Crippen LogP contribution in [-0.2, 0) is 0 Å². The zero-order chi connectivity index (χ0) is 9.19. The summed E-state index contributed by atoms with van der Waals surface area (Å²) >= 11 is 0. The van der Waals surface area contributed by atoms with Crippen LogP contribution in [0.2, 0.25) is 0 Å². The fourth-order valence-corrected chi connectivity index (χ4v) is 1.39. The van der Waals surface area contributed by atoms with Crippen molar-refractivity contribution in [3.05, 3.63) is 0 Å². The Hall–Kier alpha value is -0.800. The molecule has 0 aromatic carbocycles. The Morgan fingerprint density at radius 2 is 0.846 bits per heavy atom. The van der Waals surface area contributed by atoms with Gasteiger partial charge in [-0.05, 0) is 23.3 Å². The Morgan fingerprint density at radius 3 is 1.31 bits per heavy atom. The van der Waals surface area contributed by atoms with Crippen LogP contribution < -0.4 is 0 Å². The molecule has 4 heteroatoms. The average molecular weight is 182 g/mol. The minimum absolute atomic E-state index is 0.805. The molecule has 0 aliphatic carbocycles. The van der Waals surface area contributed by atoms with E-state index in [0.717, 1.165) is 25.9 Å². The molecule has 0 N–H and O–H groups in total. The van der Waals surface area contributed by atoms with Crippen molar-refractivity contribution in [1.82, 2.24) is 0 Å². The maximum absolute atomic E-state index is 3.90. The fraction of sp³-hybridized carbons (Fsp3) is 1.00. The molecule has 0 aromatic rings. The minimum atomic E-state index is 0.805. The van der Waals surface area contributed by atoms with Gasteiger partial charge in [0, 0.05) is 0 Å². The van der Waals surface area contributed by atoms with Gasteiger partial charge in [0.2, 0.25) is 0 Å². The molecule has 4 nitrogen and oxygen atoms in total. The van der Waals surface area contributed by atoms with Crippen LogP contribution in [0.1, 0.15) is 44.9 Å². The van der Waals surface area contributed by atoms with E-state index in [2.05, 4.69) is 20.7 Å². The molecule has 0 atom stereocenters. The van der Waals surface area contributed by atoms with E-state index < -0.39 is 0 Å². The largest absolute Gasteiger partial charge is 0.167 e. The van der Waals surface area contributed by atoms with Gasteiger partial charge in [-0.15, -0.1) is 0 Å². The van der Waals surface area contributed by atoms with E-state index in [1.807, 2.05) is 0 Å². The second-order valence-electron chi connectivity index (χ2n) is 3.38. The van der Waals surface area contributed by atoms with Crippen LogP contribution >= 0.6 is 0 Å². The SMILES string of the molecule is C1CCCCN=NN=NCCCC1. The van der Waals surface area contributed by atoms with Crippen molar-refractivity contribution in [2.24, 2.45) is 20.7 Å². The van der Waals surface area contributed by atoms with Gasteiger partial charge in [-0.1, -0.05) is 32.1 Å². The molecule has 0 spiro atoms. The maximum Gasteiger partial charge on any atom is 0.0621 e. The van der Waals surface area contributed by atoms with Crippen LogP contribution in [0, 0.1) is 0 Å². The first kappa shape index (κ1) is 10.3. The van der Waals surface area contributed by atoms with Crippen LogP contribution in [0.25, 0.3) is 0 Å². The average Bonchev–Trinajstić information content (AvgIpc) is 2.18. The Bertz CT molecular complexity index is 147. The first-order valence-electron chi connectivity index (χ1n) is 5.23. The highest BCUT2D eigenvalue weighted by Gasteiger charge is 1.92. The summed E-state index contributed by atoms with van der Waals surface area (Å²) in [5.74, 6) is 0. The fourth-order valence-electron chi connectivity index (χ4n) is 1.39. The van der Waals surface area contributed by atoms with Crippen molar-refractivity contribution < 1.29 is 0 Å². The summed E-state index contributed by atoms with van der Waals surface area (Å²) in [6.07, 6.45) is 8.85. The molecular weight excluding hydrogens is 164 g/mol. The predicted molar refractivity (Wildman–Crippen MR) is 51.8 cm³/mol. The Labute approximate surface area is 79.5 Å². The molecule has 0 bridgehead atoms. The van der Waals surface area contributed by atoms with Crippen LogP contribution in [0.15, 0.2) is 20.7 Å². The summed E-state index contributed by atoms with van der Waals surface area (Å²) in [6.45, 7) is 1.61. The van der Waals surface area contributed by atoms with E-state index >= 15 is 0 Å². The van der Waals surface area contributed by atoms with Crippen LogP contribution in [0.3, 0.4) is 0 Å². The summed E-state index contributed by atoms with van der Waals surface area (Å²) in [4.78, 5) is 0. The molecule has 74 valence electrons. The predicted octanol–water partition coefficient (Wildman–Crippen LogP) is 3.55. The molecule has 13 heavy (non-hydrogen) atoms. The van der Waals surface area contributed by atoms with E-state index in [0.29, 0.717) is 0 Å². The summed E-state index contributed by atoms with van der Waals surface area (Å²) in [7, 11) is 0. The van der Waals surface area contributed by atoms with Crippen LogP contribution in [-0.4, -0.2) is 13.1 Å². The molecule has 0 saturated heterocycles. The minimum Gasteiger partial charge on any atom is -0.167 e. The lowest BCUT2D eigenvalue weighted by Gasteiger charge is -1.98. The first-order chi connectivity index (χ1) is 6.50. The highest BCUT2D eigenvalue weighted by atomic mass is 15.5. The van der Waals surface area contributed by atoms with Gasteiger partial charge in [-0.25, -0.2) is 0 Å². The smallest absolute Gasteiger partial charge is 0.0621 e. The molecular formula is C9H18N4. The molecule has 0 saturated carbocycles. The first-order valence-corrected chi connectivity index (χ1v) is 5.23. The molecule has 0 amide bonds. The molecule has 0 radical (unpaired) electrons. The number of rotatable bonds is 0. The Morgan fingerprint density at radius 1 is 0.462 bits per heavy atom. The number of hydrogen-bond donors (Lipinski definition) is 0. The molecule has 1 rings (SSSR count). The lowest BCUT2D eigenvalue weighted by molar-refractivity contribution is 0.585. The van der Waals surface area contributed by atoms with Gasteiger partial charge >= 0.3 is 0 Å². The lowest BCUT2D eigenvalue weighted by atomic mass is 10.1. The van der Waals surface area contributed by atoms with E-state index in [4.69, 9.17) is 0 Å². The van der Waals surface area contributed by atoms with Gasteiger partial charge in [0.05, 0.1) is 13.1 Å². The third kappa shape index (κ3) is 6.37. The van der Waals surface area contributed by atoms with Crippen molar-refractivity contribution in [3.8, 4) is 0 Å². The normalized spacial score (nSPS) is 21.5. The van der Waals surface area contributed by atoms with E-state index in [9.17, 15) is 0 Å². The number of nitrogens with zero attached hydrogens (tertiary/aromatic N) is 4. The quantitative estimate of drug-likeness (QED) is 0.550. The molecule has 1 heterocycles. The van der Waals surface area contributed by atoms with Crippen molar-refractivity contribution in [3.63, 3.8) is 0 Å². The second-order valence-corrected chi connectivity index (χ2v) is 3.38. The molecule has 0 aromatic heterocycles. The maximum atomic E-state index is 3.90. The monoisotopic (exact) mass is 182 g/mol. The summed E-state index contributed by atoms with van der Waals surface area (Å²) < 4.78 is 0. The molecule has 0 fully saturated rings. The third-order valence-electron chi connectivity index (χ3n) is 2.18. The number of hydrogen-bond acceptors (Lipinski definition) is 4. The second kappa shape index (κ2) is 7.83. The summed E-state index contributed by atoms with van der Waals surface area (Å²) in [6, 6.07) is 0. The van der Waals surface area contributed by atoms with Crippen molar-refractivity contribution in [2.75, 3.05) is 13.1 Å². The van der Waals surface area contributed by atoms with Crippen molar-refractivity contribution >= 4 is 0 Å². The Kier molecular flexibility index (Phi) is 6.19. The molecule has 1 aliphatic heterocycles. The third-order valence-corrected chi connectivity index (χ3v) is 2.18. The van der Waals surface area contributed by atoms with Crippen molar-refractivity contribution in [1.29, 1.82) is 0 Å². The van der Waals surface area contributed by atoms with Crippen molar-refractivity contribution in [2.45, 2.75) is 44.9 Å². The van der Waals surface area contributed by atoms with E-state index in [-0.39, 0.29) is 0 Å². The highest BCUT2D eigenvalue weighted by molar-refractivity contribution is 4.49. The standard InChI is InChI=1S/C9H18N4/c1-2-4-6-8-10-12-13-11-9-7-5-3-1/h1-9H2. The van der Waals surface area contributed by atoms with E-state index in [1.54, 1.807) is 0 Å². The van der Waals surface area contributed by atoms with Crippen LogP contribution in [0.5, 0.6) is 0 Å². The summed E-state index contributed by atoms with van der Waals surface area (Å²) in [5, 5.41) is 15.0. The summed E-state index contributed by atoms with van der Waals surface area (Å²) in [5.41, 5.74) is 0. The highest BCUT2D eigenvalue weighted by Crippen LogP contribution is 2.08. The van der Waals surface area contributed by atoms with Gasteiger partial charge in [-0.2, -0.15) is 10.2 Å². The Balaban J connectivity index is 2.18. The van der Waals surface area contributed by atoms with E-state index in [1.165, 1.54) is 32.1 Å². The van der Waals surface area contributed by atoms with Crippen LogP contribution in [0.4, 0.5) is 0 Å². The lowest BCUT2D eigenvalue weighted by Crippen LogP contribution is -1.83. The van der Waals surface area contributed by atoms with Gasteiger partial charge in [0.15, 0.2) is 0 Å². The topological polar surface area (TPSA) is 49.4 Å². The zero-order valence-electron chi connectivity index (χ0n) is 8.15. The van der Waals surface area contributed by atoms with Gasteiger partial charge in [0.25, 0.3) is 0 Å². The van der Waals surface area contributed by atoms with Gasteiger partial charge in [0.1, 0.15) is 0 Å².